The van der Waals surface area contributed by atoms with E-state index in [1.807, 2.05) is 0 Å². The highest BCUT2D eigenvalue weighted by atomic mass is 19.1. The van der Waals surface area contributed by atoms with E-state index in [1.54, 1.807) is 5.01 Å². The third-order valence-electron chi connectivity index (χ3n) is 5.52. The third kappa shape index (κ3) is 3.77. The summed E-state index contributed by atoms with van der Waals surface area (Å²) in [5.41, 5.74) is -2.60. The van der Waals surface area contributed by atoms with Crippen LogP contribution in [0, 0.1) is 17.5 Å². The molecule has 12 heteroatoms. The van der Waals surface area contributed by atoms with Crippen molar-refractivity contribution in [2.75, 3.05) is 24.8 Å². The molecular formula is C20H19F3N4O5. The Hall–Kier alpha value is -3.54. The molecule has 2 aliphatic heterocycles. The van der Waals surface area contributed by atoms with Gasteiger partial charge in [0.2, 0.25) is 5.43 Å². The molecule has 1 fully saturated rings. The summed E-state index contributed by atoms with van der Waals surface area (Å²) in [6.45, 7) is -0.0657. The lowest BCUT2D eigenvalue weighted by Crippen LogP contribution is -2.56. The molecule has 2 bridgehead atoms. The minimum atomic E-state index is -1.21. The normalized spacial score (nSPS) is 18.1. The van der Waals surface area contributed by atoms with Gasteiger partial charge in [0, 0.05) is 43.5 Å². The molecule has 1 aromatic heterocycles. The van der Waals surface area contributed by atoms with E-state index < -0.39 is 64.2 Å². The van der Waals surface area contributed by atoms with Gasteiger partial charge in [-0.05, 0) is 12.8 Å². The van der Waals surface area contributed by atoms with Crippen LogP contribution in [-0.4, -0.2) is 57.5 Å². The van der Waals surface area contributed by atoms with Crippen molar-refractivity contribution in [2.45, 2.75) is 25.5 Å². The Kier molecular flexibility index (Phi) is 5.55. The largest absolute Gasteiger partial charge is 0.502 e. The van der Waals surface area contributed by atoms with Gasteiger partial charge in [0.15, 0.2) is 11.4 Å². The molecule has 0 spiro atoms. The Morgan fingerprint density at radius 2 is 1.78 bits per heavy atom. The number of hydrogen-bond acceptors (Lipinski definition) is 6. The molecule has 1 atom stereocenters. The predicted molar refractivity (Wildman–Crippen MR) is 104 cm³/mol. The van der Waals surface area contributed by atoms with Crippen LogP contribution in [0.5, 0.6) is 5.75 Å². The summed E-state index contributed by atoms with van der Waals surface area (Å²) >= 11 is 0. The lowest BCUT2D eigenvalue weighted by Gasteiger charge is -2.42. The Bertz CT molecular complexity index is 1150. The molecule has 4 rings (SSSR count). The van der Waals surface area contributed by atoms with Crippen LogP contribution in [0.3, 0.4) is 0 Å². The Morgan fingerprint density at radius 3 is 2.47 bits per heavy atom. The van der Waals surface area contributed by atoms with Gasteiger partial charge in [-0.25, -0.2) is 13.2 Å². The maximum Gasteiger partial charge on any atom is 0.277 e. The molecule has 3 N–H and O–H groups in total. The van der Waals surface area contributed by atoms with E-state index >= 15 is 0 Å². The number of nitrogens with zero attached hydrogens (tertiary/aromatic N) is 3. The molecule has 32 heavy (non-hydrogen) atoms. The van der Waals surface area contributed by atoms with Gasteiger partial charge in [0.1, 0.15) is 29.7 Å². The minimum absolute atomic E-state index is 0.119. The minimum Gasteiger partial charge on any atom is -0.502 e. The molecule has 0 saturated carbocycles. The van der Waals surface area contributed by atoms with Crippen LogP contribution in [0.25, 0.3) is 0 Å². The number of aliphatic hydroxyl groups excluding tert-OH is 1. The number of aliphatic hydroxyl groups is 1. The molecule has 170 valence electrons. The summed E-state index contributed by atoms with van der Waals surface area (Å²) in [5.74, 6) is -6.16. The topological polar surface area (TPSA) is 115 Å². The molecule has 1 aromatic carbocycles. The number of pyridine rings is 1. The number of carbonyl (C=O) groups is 2. The number of benzene rings is 1. The van der Waals surface area contributed by atoms with Crippen LogP contribution in [-0.2, 0) is 6.54 Å². The summed E-state index contributed by atoms with van der Waals surface area (Å²) in [4.78, 5) is 39.3. The van der Waals surface area contributed by atoms with E-state index in [-0.39, 0.29) is 25.5 Å². The van der Waals surface area contributed by atoms with Gasteiger partial charge in [-0.1, -0.05) is 0 Å². The Labute approximate surface area is 179 Å². The fourth-order valence-corrected chi connectivity index (χ4v) is 3.76. The molecular weight excluding hydrogens is 433 g/mol. The third-order valence-corrected chi connectivity index (χ3v) is 5.52. The summed E-state index contributed by atoms with van der Waals surface area (Å²) < 4.78 is 41.9. The highest BCUT2D eigenvalue weighted by molar-refractivity contribution is 5.99. The van der Waals surface area contributed by atoms with Crippen LogP contribution in [0.2, 0.25) is 0 Å². The fourth-order valence-electron chi connectivity index (χ4n) is 3.76. The highest BCUT2D eigenvalue weighted by Gasteiger charge is 2.35. The van der Waals surface area contributed by atoms with Gasteiger partial charge in [0.25, 0.3) is 11.8 Å². The molecule has 9 nitrogen and oxygen atoms in total. The zero-order valence-corrected chi connectivity index (χ0v) is 16.6. The van der Waals surface area contributed by atoms with Crippen LogP contribution >= 0.6 is 0 Å². The van der Waals surface area contributed by atoms with Crippen molar-refractivity contribution in [1.29, 1.82) is 0 Å². The molecule has 2 aliphatic rings. The lowest BCUT2D eigenvalue weighted by atomic mass is 10.1. The van der Waals surface area contributed by atoms with E-state index in [4.69, 9.17) is 0 Å². The zero-order valence-electron chi connectivity index (χ0n) is 16.6. The maximum atomic E-state index is 13.8. The quantitative estimate of drug-likeness (QED) is 0.622. The summed E-state index contributed by atoms with van der Waals surface area (Å²) in [6.07, 6.45) is 1.12. The van der Waals surface area contributed by atoms with Crippen LogP contribution in [0.4, 0.5) is 13.2 Å². The van der Waals surface area contributed by atoms with Crippen molar-refractivity contribution in [2.24, 2.45) is 0 Å². The van der Waals surface area contributed by atoms with Gasteiger partial charge < -0.3 is 20.4 Å². The lowest BCUT2D eigenvalue weighted by molar-refractivity contribution is 0.0590. The first-order valence-electron chi connectivity index (χ1n) is 9.80. The SMILES string of the molecule is O=C(NCc1c(F)cc(F)cc1F)c1cn2c(c(O)c1=O)C(=O)N1CCC(O)CCN2C1. The number of nitrogens with one attached hydrogen (secondary N) is 1. The second-order valence-corrected chi connectivity index (χ2v) is 7.62. The monoisotopic (exact) mass is 452 g/mol. The van der Waals surface area contributed by atoms with Crippen LogP contribution in [0.1, 0.15) is 39.3 Å². The van der Waals surface area contributed by atoms with E-state index in [2.05, 4.69) is 5.32 Å². The van der Waals surface area contributed by atoms with Crippen molar-refractivity contribution in [3.05, 3.63) is 62.8 Å². The summed E-state index contributed by atoms with van der Waals surface area (Å²) in [5, 5.41) is 24.1. The zero-order chi connectivity index (χ0) is 23.2. The highest BCUT2D eigenvalue weighted by Crippen LogP contribution is 2.23. The smallest absolute Gasteiger partial charge is 0.277 e. The number of halogens is 3. The van der Waals surface area contributed by atoms with Crippen molar-refractivity contribution in [3.8, 4) is 5.75 Å². The average molecular weight is 452 g/mol. The number of fused-ring (bicyclic) bond motifs is 4. The van der Waals surface area contributed by atoms with E-state index in [9.17, 15) is 37.8 Å². The maximum absolute atomic E-state index is 13.8. The fraction of sp³-hybridized carbons (Fsp3) is 0.350. The van der Waals surface area contributed by atoms with Crippen molar-refractivity contribution < 1.29 is 33.0 Å². The van der Waals surface area contributed by atoms with Gasteiger partial charge >= 0.3 is 0 Å². The van der Waals surface area contributed by atoms with E-state index in [1.165, 1.54) is 9.58 Å². The number of carbonyl (C=O) groups excluding carboxylic acids is 2. The molecule has 0 aliphatic carbocycles. The average Bonchev–Trinajstić information content (AvgIpc) is 2.72. The molecule has 2 aromatic rings. The number of rotatable bonds is 3. The van der Waals surface area contributed by atoms with Crippen molar-refractivity contribution in [1.82, 2.24) is 14.9 Å². The Morgan fingerprint density at radius 1 is 1.12 bits per heavy atom. The Balaban J connectivity index is 1.66. The van der Waals surface area contributed by atoms with Gasteiger partial charge in [-0.2, -0.15) is 0 Å². The summed E-state index contributed by atoms with van der Waals surface area (Å²) in [6, 6.07) is 0.912. The number of aromatic nitrogens is 1. The van der Waals surface area contributed by atoms with Gasteiger partial charge in [-0.3, -0.25) is 24.1 Å². The number of hydrogen-bond donors (Lipinski definition) is 3. The van der Waals surface area contributed by atoms with E-state index in [0.29, 0.717) is 25.0 Å². The molecule has 2 amide bonds. The molecule has 1 saturated heterocycles. The number of aromatic hydroxyl groups is 1. The molecule has 1 unspecified atom stereocenters. The summed E-state index contributed by atoms with van der Waals surface area (Å²) in [7, 11) is 0. The second-order valence-electron chi connectivity index (χ2n) is 7.62. The first-order chi connectivity index (χ1) is 15.2. The first kappa shape index (κ1) is 21.7. The second kappa shape index (κ2) is 8.19. The van der Waals surface area contributed by atoms with Crippen LogP contribution in [0.15, 0.2) is 23.1 Å². The van der Waals surface area contributed by atoms with Crippen LogP contribution < -0.4 is 15.8 Å². The number of amides is 2. The van der Waals surface area contributed by atoms with E-state index in [0.717, 1.165) is 6.20 Å². The molecule has 0 radical (unpaired) electrons. The van der Waals surface area contributed by atoms with Gasteiger partial charge in [0.05, 0.1) is 6.10 Å². The molecule has 3 heterocycles. The first-order valence-corrected chi connectivity index (χ1v) is 9.80. The predicted octanol–water partition coefficient (Wildman–Crippen LogP) is 0.407. The van der Waals surface area contributed by atoms with Crippen molar-refractivity contribution >= 4 is 11.8 Å². The van der Waals surface area contributed by atoms with Gasteiger partial charge in [-0.15, -0.1) is 0 Å². The standard InChI is InChI=1S/C20H19F3N4O5/c21-10-5-14(22)12(15(23)6-10)7-24-19(31)13-8-27-16(18(30)17(13)29)20(32)25-3-1-11(28)2-4-26(27)9-25/h5-6,8,11,28,30H,1-4,7,9H2,(H,24,31). The van der Waals surface area contributed by atoms with Crippen molar-refractivity contribution in [3.63, 3.8) is 0 Å².